The smallest absolute Gasteiger partial charge is 0.159 e. The van der Waals surface area contributed by atoms with Gasteiger partial charge in [-0.1, -0.05) is 30.3 Å². The number of hydrogen-bond donors (Lipinski definition) is 1. The molecule has 0 radical (unpaired) electrons. The number of fused-ring (bicyclic) bond motifs is 1. The van der Waals surface area contributed by atoms with E-state index in [-0.39, 0.29) is 0 Å². The summed E-state index contributed by atoms with van der Waals surface area (Å²) >= 11 is 0. The number of rotatable bonds is 4. The zero-order valence-electron chi connectivity index (χ0n) is 15.9. The molecule has 3 heterocycles. The lowest BCUT2D eigenvalue weighted by molar-refractivity contribution is 0.327. The van der Waals surface area contributed by atoms with Crippen LogP contribution in [0.3, 0.4) is 0 Å². The molecular formula is C21H27N5. The number of aryl methyl sites for hydroxylation is 1. The third kappa shape index (κ3) is 3.31. The molecule has 1 atom stereocenters. The van der Waals surface area contributed by atoms with Crippen molar-refractivity contribution in [2.75, 3.05) is 32.1 Å². The second-order valence-corrected chi connectivity index (χ2v) is 7.52. The molecule has 5 heteroatoms. The van der Waals surface area contributed by atoms with Gasteiger partial charge in [-0.2, -0.15) is 0 Å². The van der Waals surface area contributed by atoms with Crippen molar-refractivity contribution in [2.45, 2.75) is 32.2 Å². The second kappa shape index (κ2) is 7.08. The summed E-state index contributed by atoms with van der Waals surface area (Å²) in [6, 6.07) is 13.0. The topological polar surface area (TPSA) is 48.1 Å². The molecule has 1 aromatic carbocycles. The third-order valence-electron chi connectivity index (χ3n) is 5.11. The molecule has 0 amide bonds. The molecular weight excluding hydrogens is 322 g/mol. The summed E-state index contributed by atoms with van der Waals surface area (Å²) in [7, 11) is 4.29. The predicted molar refractivity (Wildman–Crippen MR) is 107 cm³/mol. The van der Waals surface area contributed by atoms with Crippen LogP contribution in [0, 0.1) is 6.92 Å². The molecule has 0 saturated carbocycles. The minimum Gasteiger partial charge on any atom is -0.350 e. The van der Waals surface area contributed by atoms with Crippen molar-refractivity contribution in [3.05, 3.63) is 42.2 Å². The van der Waals surface area contributed by atoms with E-state index in [1.807, 2.05) is 13.0 Å². The Bertz CT molecular complexity index is 839. The summed E-state index contributed by atoms with van der Waals surface area (Å²) in [5.41, 5.74) is 4.21. The van der Waals surface area contributed by atoms with E-state index < -0.39 is 0 Å². The van der Waals surface area contributed by atoms with Crippen molar-refractivity contribution >= 4 is 5.82 Å². The van der Waals surface area contributed by atoms with Gasteiger partial charge in [0.1, 0.15) is 11.5 Å². The van der Waals surface area contributed by atoms with Crippen LogP contribution in [0.15, 0.2) is 36.4 Å². The largest absolute Gasteiger partial charge is 0.350 e. The zero-order chi connectivity index (χ0) is 18.1. The Balaban J connectivity index is 1.78. The standard InChI is InChI=1S/C21H27N5/c1-15-22-19-13-18(16-9-5-4-6-10-16)24-20(19)21(23-15)26-12-8-7-11-17(26)14-25(2)3/h4-6,9-10,13,17H,7-8,11-12,14H2,1-3H3,(H,22,23). The van der Waals surface area contributed by atoms with Crippen LogP contribution >= 0.6 is 0 Å². The van der Waals surface area contributed by atoms with Crippen LogP contribution < -0.4 is 4.90 Å². The Morgan fingerprint density at radius 2 is 1.96 bits per heavy atom. The Hall–Kier alpha value is -2.40. The molecule has 0 spiro atoms. The highest BCUT2D eigenvalue weighted by Crippen LogP contribution is 2.36. The number of nitrogens with one attached hydrogen (secondary N) is 1. The Labute approximate surface area is 155 Å². The molecule has 0 bridgehead atoms. The van der Waals surface area contributed by atoms with Gasteiger partial charge in [-0.3, -0.25) is 0 Å². The minimum absolute atomic E-state index is 0.494. The van der Waals surface area contributed by atoms with Crippen molar-refractivity contribution in [3.63, 3.8) is 0 Å². The average molecular weight is 349 g/mol. The van der Waals surface area contributed by atoms with Crippen molar-refractivity contribution < 1.29 is 0 Å². The van der Waals surface area contributed by atoms with Gasteiger partial charge in [0.05, 0.1) is 11.4 Å². The summed E-state index contributed by atoms with van der Waals surface area (Å²) in [6.07, 6.45) is 3.72. The molecule has 1 aromatic rings. The van der Waals surface area contributed by atoms with Crippen LogP contribution in [0.4, 0.5) is 5.82 Å². The fraction of sp³-hybridized carbons (Fsp3) is 0.429. The number of anilines is 1. The zero-order valence-corrected chi connectivity index (χ0v) is 15.9. The normalized spacial score (nSPS) is 18.0. The van der Waals surface area contributed by atoms with Gasteiger partial charge in [0.25, 0.3) is 0 Å². The van der Waals surface area contributed by atoms with E-state index >= 15 is 0 Å². The summed E-state index contributed by atoms with van der Waals surface area (Å²) < 4.78 is 0. The molecule has 3 aliphatic heterocycles. The second-order valence-electron chi connectivity index (χ2n) is 7.52. The summed E-state index contributed by atoms with van der Waals surface area (Å²) in [5.74, 6) is 1.97. The first-order valence-electron chi connectivity index (χ1n) is 9.46. The summed E-state index contributed by atoms with van der Waals surface area (Å²) in [6.45, 7) is 4.13. The van der Waals surface area contributed by atoms with Gasteiger partial charge in [0, 0.05) is 24.7 Å². The molecule has 1 fully saturated rings. The van der Waals surface area contributed by atoms with Crippen molar-refractivity contribution in [1.82, 2.24) is 19.9 Å². The molecule has 26 heavy (non-hydrogen) atoms. The molecule has 0 aliphatic carbocycles. The third-order valence-corrected chi connectivity index (χ3v) is 5.11. The number of hydrogen-bond acceptors (Lipinski definition) is 4. The maximum atomic E-state index is 4.96. The lowest BCUT2D eigenvalue weighted by Gasteiger charge is -2.38. The quantitative estimate of drug-likeness (QED) is 0.778. The lowest BCUT2D eigenvalue weighted by Crippen LogP contribution is -2.46. The van der Waals surface area contributed by atoms with Crippen molar-refractivity contribution in [3.8, 4) is 22.6 Å². The number of H-pyrrole nitrogens is 1. The first kappa shape index (κ1) is 17.0. The molecule has 0 aromatic heterocycles. The van der Waals surface area contributed by atoms with E-state index in [1.54, 1.807) is 0 Å². The number of piperidine rings is 1. The average Bonchev–Trinajstić information content (AvgIpc) is 3.06. The highest BCUT2D eigenvalue weighted by atomic mass is 15.3. The number of aromatic amines is 1. The van der Waals surface area contributed by atoms with Crippen LogP contribution in [0.2, 0.25) is 0 Å². The van der Waals surface area contributed by atoms with Gasteiger partial charge < -0.3 is 14.8 Å². The van der Waals surface area contributed by atoms with Crippen LogP contribution in [0.1, 0.15) is 25.1 Å². The first-order valence-corrected chi connectivity index (χ1v) is 9.46. The van der Waals surface area contributed by atoms with Crippen molar-refractivity contribution in [1.29, 1.82) is 0 Å². The summed E-state index contributed by atoms with van der Waals surface area (Å²) in [4.78, 5) is 18.0. The van der Waals surface area contributed by atoms with Gasteiger partial charge in [-0.05, 0) is 46.3 Å². The maximum Gasteiger partial charge on any atom is 0.159 e. The first-order chi connectivity index (χ1) is 12.6. The number of aromatic nitrogens is 3. The molecule has 1 N–H and O–H groups in total. The van der Waals surface area contributed by atoms with E-state index in [1.165, 1.54) is 19.3 Å². The Morgan fingerprint density at radius 1 is 1.15 bits per heavy atom. The fourth-order valence-electron chi connectivity index (χ4n) is 3.97. The summed E-state index contributed by atoms with van der Waals surface area (Å²) in [5, 5.41) is 0. The highest BCUT2D eigenvalue weighted by molar-refractivity contribution is 5.78. The molecule has 5 nitrogen and oxygen atoms in total. The van der Waals surface area contributed by atoms with Crippen LogP contribution in [0.25, 0.3) is 22.6 Å². The van der Waals surface area contributed by atoms with Crippen LogP contribution in [-0.2, 0) is 0 Å². The molecule has 136 valence electrons. The fourth-order valence-corrected chi connectivity index (χ4v) is 3.97. The Kier molecular flexibility index (Phi) is 4.64. The minimum atomic E-state index is 0.494. The van der Waals surface area contributed by atoms with Gasteiger partial charge in [-0.25, -0.2) is 9.97 Å². The molecule has 4 rings (SSSR count). The number of likely N-dealkylation sites (N-methyl/N-ethyl adjacent to an activating group) is 1. The van der Waals surface area contributed by atoms with Crippen molar-refractivity contribution in [2.24, 2.45) is 0 Å². The number of nitrogens with zero attached hydrogens (tertiary/aromatic N) is 4. The maximum absolute atomic E-state index is 4.96. The molecule has 1 saturated heterocycles. The molecule has 1 unspecified atom stereocenters. The van der Waals surface area contributed by atoms with E-state index in [9.17, 15) is 0 Å². The van der Waals surface area contributed by atoms with E-state index in [0.29, 0.717) is 6.04 Å². The lowest BCUT2D eigenvalue weighted by atomic mass is 10.0. The van der Waals surface area contributed by atoms with Gasteiger partial charge in [0.15, 0.2) is 5.82 Å². The van der Waals surface area contributed by atoms with E-state index in [0.717, 1.165) is 47.4 Å². The van der Waals surface area contributed by atoms with Gasteiger partial charge in [-0.15, -0.1) is 0 Å². The SMILES string of the molecule is Cc1nc(N2CCCCC2CN(C)C)c2nc(-c3ccccc3)cc-2[nH]1. The molecule has 3 aliphatic rings. The van der Waals surface area contributed by atoms with E-state index in [2.05, 4.69) is 59.2 Å². The monoisotopic (exact) mass is 349 g/mol. The van der Waals surface area contributed by atoms with Gasteiger partial charge >= 0.3 is 0 Å². The van der Waals surface area contributed by atoms with Gasteiger partial charge in [0.2, 0.25) is 0 Å². The number of benzene rings is 1. The van der Waals surface area contributed by atoms with E-state index in [4.69, 9.17) is 9.97 Å². The highest BCUT2D eigenvalue weighted by Gasteiger charge is 2.29. The van der Waals surface area contributed by atoms with Crippen LogP contribution in [0.5, 0.6) is 0 Å². The Morgan fingerprint density at radius 3 is 2.73 bits per heavy atom. The predicted octanol–water partition coefficient (Wildman–Crippen LogP) is 3.81. The van der Waals surface area contributed by atoms with Crippen LogP contribution in [-0.4, -0.2) is 53.1 Å².